The highest BCUT2D eigenvalue weighted by molar-refractivity contribution is 5.92. The van der Waals surface area contributed by atoms with E-state index in [2.05, 4.69) is 11.9 Å². The Morgan fingerprint density at radius 2 is 2.00 bits per heavy atom. The molecule has 0 saturated carbocycles. The Bertz CT molecular complexity index is 789. The minimum atomic E-state index is -0.444. The van der Waals surface area contributed by atoms with Crippen LogP contribution < -0.4 is 10.3 Å². The number of aromatic nitrogens is 1. The third-order valence-corrected chi connectivity index (χ3v) is 4.89. The van der Waals surface area contributed by atoms with Crippen LogP contribution in [0.5, 0.6) is 0 Å². The number of benzene rings is 1. The van der Waals surface area contributed by atoms with E-state index < -0.39 is 5.97 Å². The standard InChI is InChI=1S/C19H24N2O3/c1-3-24-19(23)17-15(12-21-10-8-13(2)9-11-21)18(22)14-6-4-5-7-16(14)20-17/h4-7,13H,3,8-12H2,1-2H3,(H,20,22)/p+1. The molecule has 0 atom stereocenters. The Balaban J connectivity index is 2.02. The van der Waals surface area contributed by atoms with E-state index in [4.69, 9.17) is 4.74 Å². The van der Waals surface area contributed by atoms with Crippen LogP contribution in [0.15, 0.2) is 29.1 Å². The number of pyridine rings is 1. The molecular formula is C19H25N2O3+. The van der Waals surface area contributed by atoms with Crippen LogP contribution in [-0.2, 0) is 11.3 Å². The fourth-order valence-electron chi connectivity index (χ4n) is 3.42. The molecular weight excluding hydrogens is 304 g/mol. The number of para-hydroxylation sites is 1. The van der Waals surface area contributed by atoms with Crippen molar-refractivity contribution in [1.29, 1.82) is 0 Å². The summed E-state index contributed by atoms with van der Waals surface area (Å²) in [7, 11) is 0. The van der Waals surface area contributed by atoms with Gasteiger partial charge in [0, 0.05) is 10.9 Å². The number of rotatable bonds is 4. The van der Waals surface area contributed by atoms with Gasteiger partial charge in [-0.3, -0.25) is 4.79 Å². The van der Waals surface area contributed by atoms with Crippen molar-refractivity contribution < 1.29 is 14.4 Å². The summed E-state index contributed by atoms with van der Waals surface area (Å²) in [6, 6.07) is 7.32. The van der Waals surface area contributed by atoms with E-state index in [9.17, 15) is 9.59 Å². The average Bonchev–Trinajstić information content (AvgIpc) is 2.59. The molecule has 24 heavy (non-hydrogen) atoms. The van der Waals surface area contributed by atoms with Crippen LogP contribution in [-0.4, -0.2) is 30.6 Å². The number of hydrogen-bond donors (Lipinski definition) is 2. The first-order valence-corrected chi connectivity index (χ1v) is 8.74. The van der Waals surface area contributed by atoms with Gasteiger partial charge in [-0.15, -0.1) is 0 Å². The number of carbonyl (C=O) groups excluding carboxylic acids is 1. The molecule has 128 valence electrons. The lowest BCUT2D eigenvalue weighted by Gasteiger charge is -2.27. The Morgan fingerprint density at radius 3 is 2.71 bits per heavy atom. The van der Waals surface area contributed by atoms with Crippen molar-refractivity contribution >= 4 is 16.9 Å². The summed E-state index contributed by atoms with van der Waals surface area (Å²) in [5.74, 6) is 0.299. The highest BCUT2D eigenvalue weighted by atomic mass is 16.5. The molecule has 1 aromatic carbocycles. The first-order valence-electron chi connectivity index (χ1n) is 8.74. The van der Waals surface area contributed by atoms with Gasteiger partial charge in [-0.1, -0.05) is 19.1 Å². The lowest BCUT2D eigenvalue weighted by molar-refractivity contribution is -0.919. The summed E-state index contributed by atoms with van der Waals surface area (Å²) in [5.41, 5.74) is 1.48. The predicted molar refractivity (Wildman–Crippen MR) is 93.3 cm³/mol. The van der Waals surface area contributed by atoms with Crippen molar-refractivity contribution in [2.24, 2.45) is 5.92 Å². The lowest BCUT2D eigenvalue weighted by atomic mass is 9.98. The predicted octanol–water partition coefficient (Wildman–Crippen LogP) is 1.52. The first-order chi connectivity index (χ1) is 11.6. The van der Waals surface area contributed by atoms with Gasteiger partial charge >= 0.3 is 5.97 Å². The molecule has 0 radical (unpaired) electrons. The first kappa shape index (κ1) is 16.7. The maximum Gasteiger partial charge on any atom is 0.355 e. The van der Waals surface area contributed by atoms with Crippen LogP contribution in [0.4, 0.5) is 0 Å². The van der Waals surface area contributed by atoms with E-state index in [1.165, 1.54) is 4.90 Å². The van der Waals surface area contributed by atoms with Crippen molar-refractivity contribution in [3.8, 4) is 0 Å². The summed E-state index contributed by atoms with van der Waals surface area (Å²) >= 11 is 0. The molecule has 1 aliphatic heterocycles. The van der Waals surface area contributed by atoms with Gasteiger partial charge in [0.05, 0.1) is 25.3 Å². The van der Waals surface area contributed by atoms with Crippen LogP contribution in [0.3, 0.4) is 0 Å². The smallest absolute Gasteiger partial charge is 0.355 e. The summed E-state index contributed by atoms with van der Waals surface area (Å²) < 4.78 is 5.16. The van der Waals surface area contributed by atoms with E-state index in [0.717, 1.165) is 31.8 Å². The second kappa shape index (κ2) is 7.18. The van der Waals surface area contributed by atoms with E-state index in [-0.39, 0.29) is 5.43 Å². The molecule has 0 aliphatic carbocycles. The van der Waals surface area contributed by atoms with Crippen LogP contribution in [0.25, 0.3) is 10.9 Å². The van der Waals surface area contributed by atoms with Crippen molar-refractivity contribution in [3.63, 3.8) is 0 Å². The van der Waals surface area contributed by atoms with Gasteiger partial charge < -0.3 is 14.6 Å². The maximum atomic E-state index is 13.0. The molecule has 3 rings (SSSR count). The molecule has 2 heterocycles. The maximum absolute atomic E-state index is 13.0. The van der Waals surface area contributed by atoms with E-state index in [1.54, 1.807) is 13.0 Å². The average molecular weight is 329 g/mol. The number of esters is 1. The van der Waals surface area contributed by atoms with Crippen LogP contribution in [0, 0.1) is 5.92 Å². The second-order valence-corrected chi connectivity index (χ2v) is 6.68. The van der Waals surface area contributed by atoms with E-state index in [1.807, 2.05) is 18.2 Å². The number of hydrogen-bond acceptors (Lipinski definition) is 3. The molecule has 1 aromatic heterocycles. The molecule has 2 N–H and O–H groups in total. The summed E-state index contributed by atoms with van der Waals surface area (Å²) in [6.45, 7) is 6.98. The van der Waals surface area contributed by atoms with Gasteiger partial charge in [0.25, 0.3) is 0 Å². The molecule has 0 amide bonds. The molecule has 2 aromatic rings. The van der Waals surface area contributed by atoms with E-state index in [0.29, 0.717) is 35.3 Å². The lowest BCUT2D eigenvalue weighted by Crippen LogP contribution is -3.12. The summed E-state index contributed by atoms with van der Waals surface area (Å²) in [4.78, 5) is 29.8. The number of nitrogens with one attached hydrogen (secondary N) is 2. The fourth-order valence-corrected chi connectivity index (χ4v) is 3.42. The monoisotopic (exact) mass is 329 g/mol. The molecule has 0 spiro atoms. The summed E-state index contributed by atoms with van der Waals surface area (Å²) in [5, 5.41) is 0.630. The van der Waals surface area contributed by atoms with Crippen LogP contribution in [0.1, 0.15) is 42.7 Å². The second-order valence-electron chi connectivity index (χ2n) is 6.68. The SMILES string of the molecule is CCOC(=O)c1[nH]c2ccccc2c(=O)c1C[NH+]1CCC(C)CC1. The molecule has 1 saturated heterocycles. The van der Waals surface area contributed by atoms with Gasteiger partial charge in [-0.05, 0) is 37.8 Å². The molecule has 0 unspecified atom stereocenters. The molecule has 1 fully saturated rings. The number of likely N-dealkylation sites (tertiary alicyclic amines) is 1. The fraction of sp³-hybridized carbons (Fsp3) is 0.474. The van der Waals surface area contributed by atoms with Crippen LogP contribution in [0.2, 0.25) is 0 Å². The normalized spacial score (nSPS) is 20.9. The largest absolute Gasteiger partial charge is 0.461 e. The Labute approximate surface area is 141 Å². The van der Waals surface area contributed by atoms with E-state index >= 15 is 0 Å². The zero-order chi connectivity index (χ0) is 17.1. The highest BCUT2D eigenvalue weighted by Crippen LogP contribution is 2.13. The molecule has 5 nitrogen and oxygen atoms in total. The molecule has 5 heteroatoms. The minimum Gasteiger partial charge on any atom is -0.461 e. The number of aromatic amines is 1. The minimum absolute atomic E-state index is 0.0569. The third kappa shape index (κ3) is 3.36. The van der Waals surface area contributed by atoms with Gasteiger partial charge in [0.1, 0.15) is 12.2 Å². The third-order valence-electron chi connectivity index (χ3n) is 4.89. The summed E-state index contributed by atoms with van der Waals surface area (Å²) in [6.07, 6.45) is 2.32. The Kier molecular flexibility index (Phi) is 5.00. The topological polar surface area (TPSA) is 63.6 Å². The van der Waals surface area contributed by atoms with Gasteiger partial charge in [-0.25, -0.2) is 4.79 Å². The number of H-pyrrole nitrogens is 1. The number of carbonyl (C=O) groups is 1. The number of fused-ring (bicyclic) bond motifs is 1. The quantitative estimate of drug-likeness (QED) is 0.836. The van der Waals surface area contributed by atoms with Crippen molar-refractivity contribution in [3.05, 3.63) is 45.7 Å². The Morgan fingerprint density at radius 1 is 1.29 bits per heavy atom. The number of quaternary nitrogens is 1. The van der Waals surface area contributed by atoms with Crippen molar-refractivity contribution in [1.82, 2.24) is 4.98 Å². The Hall–Kier alpha value is -2.14. The van der Waals surface area contributed by atoms with Crippen molar-refractivity contribution in [2.75, 3.05) is 19.7 Å². The van der Waals surface area contributed by atoms with Crippen LogP contribution >= 0.6 is 0 Å². The number of piperidine rings is 1. The zero-order valence-corrected chi connectivity index (χ0v) is 14.4. The van der Waals surface area contributed by atoms with Gasteiger partial charge in [0.2, 0.25) is 0 Å². The highest BCUT2D eigenvalue weighted by Gasteiger charge is 2.25. The number of ether oxygens (including phenoxy) is 1. The molecule has 0 bridgehead atoms. The zero-order valence-electron chi connectivity index (χ0n) is 14.4. The van der Waals surface area contributed by atoms with Crippen molar-refractivity contribution in [2.45, 2.75) is 33.2 Å². The van der Waals surface area contributed by atoms with Gasteiger partial charge in [0.15, 0.2) is 5.43 Å². The van der Waals surface area contributed by atoms with Gasteiger partial charge in [-0.2, -0.15) is 0 Å². The molecule has 1 aliphatic rings.